The third kappa shape index (κ3) is 5.40. The van der Waals surface area contributed by atoms with E-state index < -0.39 is 44.8 Å². The molecule has 0 amide bonds. The normalized spacial score (nSPS) is 17.6. The molecule has 1 aliphatic rings. The van der Waals surface area contributed by atoms with Gasteiger partial charge in [0.1, 0.15) is 29.2 Å². The number of benzene rings is 1. The Kier molecular flexibility index (Phi) is 8.09. The topological polar surface area (TPSA) is 112 Å². The Bertz CT molecular complexity index is 1480. The first-order chi connectivity index (χ1) is 18.0. The summed E-state index contributed by atoms with van der Waals surface area (Å²) < 4.78 is 78.2. The monoisotopic (exact) mass is 554 g/mol. The third-order valence-corrected chi connectivity index (χ3v) is 8.56. The molecule has 13 heteroatoms. The van der Waals surface area contributed by atoms with Gasteiger partial charge >= 0.3 is 0 Å². The maximum atomic E-state index is 14.8. The lowest BCUT2D eigenvalue weighted by Gasteiger charge is -2.37. The number of nitrogens with zero attached hydrogens (tertiary/aromatic N) is 3. The van der Waals surface area contributed by atoms with E-state index in [9.17, 15) is 26.4 Å². The van der Waals surface area contributed by atoms with Gasteiger partial charge in [0.05, 0.1) is 47.3 Å². The van der Waals surface area contributed by atoms with E-state index in [2.05, 4.69) is 15.3 Å². The molecule has 206 valence electrons. The smallest absolute Gasteiger partial charge is 0.266 e. The zero-order valence-corrected chi connectivity index (χ0v) is 22.0. The van der Waals surface area contributed by atoms with E-state index in [-0.39, 0.29) is 60.2 Å². The number of fused-ring (bicyclic) bond motifs is 1. The number of aryl methyl sites for hydroxylation is 1. The summed E-state index contributed by atoms with van der Waals surface area (Å²) in [6, 6.07) is 4.61. The van der Waals surface area contributed by atoms with Gasteiger partial charge in [0, 0.05) is 19.7 Å². The molecule has 38 heavy (non-hydrogen) atoms. The van der Waals surface area contributed by atoms with Crippen LogP contribution in [0.15, 0.2) is 35.4 Å². The van der Waals surface area contributed by atoms with E-state index in [1.807, 2.05) is 0 Å². The second-order valence-electron chi connectivity index (χ2n) is 9.29. The van der Waals surface area contributed by atoms with E-state index in [0.29, 0.717) is 5.39 Å². The van der Waals surface area contributed by atoms with Gasteiger partial charge in [-0.3, -0.25) is 9.36 Å². The molecule has 0 saturated carbocycles. The Morgan fingerprint density at radius 1 is 1.16 bits per heavy atom. The molecule has 1 aromatic carbocycles. The Hall–Kier alpha value is -3.03. The summed E-state index contributed by atoms with van der Waals surface area (Å²) in [5.74, 6) is -1.05. The molecule has 1 aliphatic heterocycles. The van der Waals surface area contributed by atoms with Crippen LogP contribution in [0.3, 0.4) is 0 Å². The Balaban J connectivity index is 1.80. The number of ether oxygens (including phenoxy) is 2. The summed E-state index contributed by atoms with van der Waals surface area (Å²) in [5, 5.41) is 3.46. The third-order valence-electron chi connectivity index (χ3n) is 6.91. The van der Waals surface area contributed by atoms with Crippen LogP contribution in [0.1, 0.15) is 48.9 Å². The zero-order valence-electron chi connectivity index (χ0n) is 21.2. The van der Waals surface area contributed by atoms with Crippen LogP contribution in [-0.4, -0.2) is 54.8 Å². The highest BCUT2D eigenvalue weighted by Crippen LogP contribution is 2.38. The number of pyridine rings is 1. The van der Waals surface area contributed by atoms with Crippen molar-refractivity contribution in [3.05, 3.63) is 63.5 Å². The number of rotatable bonds is 9. The van der Waals surface area contributed by atoms with Gasteiger partial charge in [0.2, 0.25) is 0 Å². The average molecular weight is 555 g/mol. The van der Waals surface area contributed by atoms with Crippen molar-refractivity contribution in [2.45, 2.75) is 37.8 Å². The number of methoxy groups -OCH3 is 1. The number of aromatic nitrogens is 3. The quantitative estimate of drug-likeness (QED) is 0.399. The second-order valence-corrected chi connectivity index (χ2v) is 11.6. The second kappa shape index (κ2) is 11.0. The molecule has 0 bridgehead atoms. The number of halogens is 3. The van der Waals surface area contributed by atoms with Crippen molar-refractivity contribution in [3.8, 4) is 0 Å². The van der Waals surface area contributed by atoms with Crippen molar-refractivity contribution < 1.29 is 31.1 Å². The molecule has 0 radical (unpaired) electrons. The average Bonchev–Trinajstić information content (AvgIpc) is 2.88. The molecule has 1 saturated heterocycles. The van der Waals surface area contributed by atoms with Crippen molar-refractivity contribution >= 4 is 26.7 Å². The highest BCUT2D eigenvalue weighted by atomic mass is 32.2. The van der Waals surface area contributed by atoms with Crippen LogP contribution < -0.4 is 10.9 Å². The molecule has 0 unspecified atom stereocenters. The predicted molar refractivity (Wildman–Crippen MR) is 136 cm³/mol. The number of anilines is 1. The Morgan fingerprint density at radius 2 is 1.84 bits per heavy atom. The van der Waals surface area contributed by atoms with Crippen molar-refractivity contribution in [2.24, 2.45) is 7.05 Å². The highest BCUT2D eigenvalue weighted by molar-refractivity contribution is 7.91. The van der Waals surface area contributed by atoms with Gasteiger partial charge < -0.3 is 14.8 Å². The molecule has 9 nitrogen and oxygen atoms in total. The van der Waals surface area contributed by atoms with E-state index >= 15 is 0 Å². The standard InChI is InChI=1S/C25H29F3N4O5S/c1-15(16-5-4-6-17(20(16)26)21(27)28)31-22-18-13-19(24(33)32(2)23(18)30-14-29-22)25(37-10-9-36-3)7-11-38(34,35)12-8-25/h4-6,13-15,21H,7-12H2,1-3H3,(H,29,30,31)/t15-/m1/s1. The number of nitrogens with one attached hydrogen (secondary N) is 1. The molecular formula is C25H29F3N4O5S. The molecule has 3 aromatic rings. The molecular weight excluding hydrogens is 525 g/mol. The highest BCUT2D eigenvalue weighted by Gasteiger charge is 2.42. The number of alkyl halides is 2. The van der Waals surface area contributed by atoms with Crippen molar-refractivity contribution in [2.75, 3.05) is 37.1 Å². The van der Waals surface area contributed by atoms with Gasteiger partial charge in [-0.2, -0.15) is 0 Å². The molecule has 2 aromatic heterocycles. The molecule has 1 atom stereocenters. The van der Waals surface area contributed by atoms with E-state index in [0.717, 1.165) is 6.07 Å². The fourth-order valence-corrected chi connectivity index (χ4v) is 6.23. The van der Waals surface area contributed by atoms with Gasteiger partial charge in [0.25, 0.3) is 12.0 Å². The Labute approximate surface area is 217 Å². The molecule has 1 N–H and O–H groups in total. The van der Waals surface area contributed by atoms with Crippen LogP contribution >= 0.6 is 0 Å². The van der Waals surface area contributed by atoms with Crippen molar-refractivity contribution in [3.63, 3.8) is 0 Å². The van der Waals surface area contributed by atoms with Crippen molar-refractivity contribution in [1.82, 2.24) is 14.5 Å². The summed E-state index contributed by atoms with van der Waals surface area (Å²) in [6.45, 7) is 2.00. The van der Waals surface area contributed by atoms with Crippen LogP contribution in [0, 0.1) is 5.82 Å². The summed E-state index contributed by atoms with van der Waals surface area (Å²) in [5.41, 5.74) is -1.73. The van der Waals surface area contributed by atoms with E-state index in [1.165, 1.54) is 37.2 Å². The van der Waals surface area contributed by atoms with Crippen LogP contribution in [0.4, 0.5) is 19.0 Å². The minimum atomic E-state index is -3.27. The maximum Gasteiger partial charge on any atom is 0.266 e. The number of hydrogen-bond acceptors (Lipinski definition) is 8. The van der Waals surface area contributed by atoms with Gasteiger partial charge in [-0.1, -0.05) is 18.2 Å². The molecule has 0 aliphatic carbocycles. The van der Waals surface area contributed by atoms with E-state index in [4.69, 9.17) is 9.47 Å². The van der Waals surface area contributed by atoms with Gasteiger partial charge in [-0.25, -0.2) is 31.6 Å². The van der Waals surface area contributed by atoms with E-state index in [1.54, 1.807) is 13.0 Å². The van der Waals surface area contributed by atoms with Crippen LogP contribution in [0.5, 0.6) is 0 Å². The minimum absolute atomic E-state index is 0.0245. The zero-order chi connectivity index (χ0) is 27.7. The number of hydrogen-bond donors (Lipinski definition) is 1. The van der Waals surface area contributed by atoms with Gasteiger partial charge in [-0.15, -0.1) is 0 Å². The SMILES string of the molecule is COCCOC1(c2cc3c(N[C@H](C)c4cccc(C(F)F)c4F)ncnc3n(C)c2=O)CCS(=O)(=O)CC1. The minimum Gasteiger partial charge on any atom is -0.382 e. The van der Waals surface area contributed by atoms with Gasteiger partial charge in [-0.05, 0) is 25.8 Å². The fourth-order valence-electron chi connectivity index (χ4n) is 4.74. The first kappa shape index (κ1) is 28.0. The lowest BCUT2D eigenvalue weighted by Crippen LogP contribution is -2.44. The predicted octanol–water partition coefficient (Wildman–Crippen LogP) is 3.65. The van der Waals surface area contributed by atoms with Crippen LogP contribution in [0.2, 0.25) is 0 Å². The summed E-state index contributed by atoms with van der Waals surface area (Å²) in [7, 11) is -0.235. The number of sulfone groups is 1. The first-order valence-electron chi connectivity index (χ1n) is 12.0. The lowest BCUT2D eigenvalue weighted by atomic mass is 9.88. The van der Waals surface area contributed by atoms with Gasteiger partial charge in [0.15, 0.2) is 9.84 Å². The largest absolute Gasteiger partial charge is 0.382 e. The van der Waals surface area contributed by atoms with Crippen LogP contribution in [-0.2, 0) is 32.0 Å². The lowest BCUT2D eigenvalue weighted by molar-refractivity contribution is -0.0750. The first-order valence-corrected chi connectivity index (χ1v) is 13.8. The Morgan fingerprint density at radius 3 is 2.50 bits per heavy atom. The van der Waals surface area contributed by atoms with Crippen molar-refractivity contribution in [1.29, 1.82) is 0 Å². The molecule has 1 fully saturated rings. The fraction of sp³-hybridized carbons (Fsp3) is 0.480. The summed E-state index contributed by atoms with van der Waals surface area (Å²) in [6.07, 6.45) is -1.57. The molecule has 3 heterocycles. The molecule has 0 spiro atoms. The van der Waals surface area contributed by atoms with Crippen LogP contribution in [0.25, 0.3) is 11.0 Å². The summed E-state index contributed by atoms with van der Waals surface area (Å²) >= 11 is 0. The molecule has 4 rings (SSSR count). The summed E-state index contributed by atoms with van der Waals surface area (Å²) in [4.78, 5) is 22.0. The maximum absolute atomic E-state index is 14.8.